The largest absolute Gasteiger partial charge is 0.376 e. The van der Waals surface area contributed by atoms with E-state index in [4.69, 9.17) is 9.84 Å². The van der Waals surface area contributed by atoms with Gasteiger partial charge >= 0.3 is 0 Å². The average molecular weight is 354 g/mol. The molecule has 0 atom stereocenters. The summed E-state index contributed by atoms with van der Waals surface area (Å²) in [6, 6.07) is 3.94. The molecule has 4 rings (SSSR count). The Kier molecular flexibility index (Phi) is 5.29. The highest BCUT2D eigenvalue weighted by Gasteiger charge is 2.27. The molecule has 1 fully saturated rings. The quantitative estimate of drug-likeness (QED) is 0.788. The summed E-state index contributed by atoms with van der Waals surface area (Å²) in [4.78, 5) is 16.3. The normalized spacial score (nSPS) is 16.3. The van der Waals surface area contributed by atoms with Gasteiger partial charge in [0.2, 0.25) is 5.91 Å². The monoisotopic (exact) mass is 354 g/mol. The molecule has 1 aliphatic carbocycles. The number of carbonyl (C=O) groups is 1. The van der Waals surface area contributed by atoms with Crippen molar-refractivity contribution in [2.75, 3.05) is 13.2 Å². The zero-order valence-electron chi connectivity index (χ0n) is 15.1. The topological polar surface area (TPSA) is 69.0 Å². The minimum Gasteiger partial charge on any atom is -0.376 e. The molecule has 2 aliphatic rings. The summed E-state index contributed by atoms with van der Waals surface area (Å²) >= 11 is 0. The maximum atomic E-state index is 12.2. The second-order valence-corrected chi connectivity index (χ2v) is 7.26. The zero-order chi connectivity index (χ0) is 17.8. The van der Waals surface area contributed by atoms with Crippen LogP contribution in [0, 0.1) is 5.92 Å². The fourth-order valence-electron chi connectivity index (χ4n) is 3.49. The van der Waals surface area contributed by atoms with Gasteiger partial charge in [0, 0.05) is 56.0 Å². The SMILES string of the molecule is O=C(CCc1nn(CC2CC2)c2c1COCC2)NCCc1cccnc1. The van der Waals surface area contributed by atoms with Crippen LogP contribution in [-0.4, -0.2) is 33.8 Å². The van der Waals surface area contributed by atoms with Crippen LogP contribution in [0.3, 0.4) is 0 Å². The summed E-state index contributed by atoms with van der Waals surface area (Å²) in [6.07, 6.45) is 9.13. The summed E-state index contributed by atoms with van der Waals surface area (Å²) in [5.74, 6) is 0.876. The number of nitrogens with one attached hydrogen (secondary N) is 1. The van der Waals surface area contributed by atoms with Crippen LogP contribution in [0.25, 0.3) is 0 Å². The molecule has 0 spiro atoms. The Morgan fingerprint density at radius 2 is 2.27 bits per heavy atom. The highest BCUT2D eigenvalue weighted by atomic mass is 16.5. The van der Waals surface area contributed by atoms with Gasteiger partial charge < -0.3 is 10.1 Å². The molecule has 0 unspecified atom stereocenters. The van der Waals surface area contributed by atoms with Crippen molar-refractivity contribution in [2.24, 2.45) is 5.92 Å². The van der Waals surface area contributed by atoms with Crippen LogP contribution < -0.4 is 5.32 Å². The number of pyridine rings is 1. The second-order valence-electron chi connectivity index (χ2n) is 7.26. The fraction of sp³-hybridized carbons (Fsp3) is 0.550. The molecular weight excluding hydrogens is 328 g/mol. The molecule has 6 nitrogen and oxygen atoms in total. The predicted molar refractivity (Wildman–Crippen MR) is 97.6 cm³/mol. The molecule has 0 saturated heterocycles. The lowest BCUT2D eigenvalue weighted by Gasteiger charge is -2.15. The van der Waals surface area contributed by atoms with Gasteiger partial charge in [0.15, 0.2) is 0 Å². The van der Waals surface area contributed by atoms with Gasteiger partial charge in [0.05, 0.1) is 18.9 Å². The van der Waals surface area contributed by atoms with Gasteiger partial charge in [0.25, 0.3) is 0 Å². The number of nitrogens with zero attached hydrogens (tertiary/aromatic N) is 3. The number of rotatable bonds is 8. The highest BCUT2D eigenvalue weighted by molar-refractivity contribution is 5.76. The number of fused-ring (bicyclic) bond motifs is 1. The molecule has 3 heterocycles. The Hall–Kier alpha value is -2.21. The van der Waals surface area contributed by atoms with Crippen LogP contribution in [0.4, 0.5) is 0 Å². The predicted octanol–water partition coefficient (Wildman–Crippen LogP) is 2.05. The van der Waals surface area contributed by atoms with Gasteiger partial charge in [-0.1, -0.05) is 6.07 Å². The standard InChI is InChI=1S/C20H26N4O2/c25-20(22-10-7-15-2-1-9-21-12-15)6-5-18-17-14-26-11-8-19(17)24(23-18)13-16-3-4-16/h1-2,9,12,16H,3-8,10-11,13-14H2,(H,22,25). The maximum Gasteiger partial charge on any atom is 0.220 e. The van der Waals surface area contributed by atoms with E-state index in [0.717, 1.165) is 43.2 Å². The van der Waals surface area contributed by atoms with Crippen molar-refractivity contribution in [1.82, 2.24) is 20.1 Å². The Bertz CT molecular complexity index is 753. The summed E-state index contributed by atoms with van der Waals surface area (Å²) < 4.78 is 7.82. The molecule has 1 amide bonds. The summed E-state index contributed by atoms with van der Waals surface area (Å²) in [7, 11) is 0. The van der Waals surface area contributed by atoms with E-state index in [0.29, 0.717) is 26.0 Å². The van der Waals surface area contributed by atoms with Crippen LogP contribution in [0.15, 0.2) is 24.5 Å². The Balaban J connectivity index is 1.29. The lowest BCUT2D eigenvalue weighted by Crippen LogP contribution is -2.26. The number of carbonyl (C=O) groups excluding carboxylic acids is 1. The van der Waals surface area contributed by atoms with E-state index in [2.05, 4.69) is 15.0 Å². The summed E-state index contributed by atoms with van der Waals surface area (Å²) in [5.41, 5.74) is 4.73. The van der Waals surface area contributed by atoms with Gasteiger partial charge in [0.1, 0.15) is 0 Å². The van der Waals surface area contributed by atoms with E-state index >= 15 is 0 Å². The molecule has 0 aromatic carbocycles. The van der Waals surface area contributed by atoms with Crippen molar-refractivity contribution in [3.05, 3.63) is 47.0 Å². The Morgan fingerprint density at radius 3 is 3.08 bits per heavy atom. The number of amides is 1. The molecule has 0 bridgehead atoms. The lowest BCUT2D eigenvalue weighted by molar-refractivity contribution is -0.121. The van der Waals surface area contributed by atoms with Crippen LogP contribution in [0.2, 0.25) is 0 Å². The van der Waals surface area contributed by atoms with Crippen molar-refractivity contribution < 1.29 is 9.53 Å². The highest BCUT2D eigenvalue weighted by Crippen LogP contribution is 2.32. The van der Waals surface area contributed by atoms with Gasteiger partial charge in [-0.2, -0.15) is 5.10 Å². The van der Waals surface area contributed by atoms with E-state index in [-0.39, 0.29) is 5.91 Å². The minimum absolute atomic E-state index is 0.0797. The third kappa shape index (κ3) is 4.30. The van der Waals surface area contributed by atoms with E-state index in [1.54, 1.807) is 6.20 Å². The Morgan fingerprint density at radius 1 is 1.35 bits per heavy atom. The van der Waals surface area contributed by atoms with Crippen LogP contribution in [-0.2, 0) is 41.9 Å². The number of hydrogen-bond donors (Lipinski definition) is 1. The van der Waals surface area contributed by atoms with E-state index < -0.39 is 0 Å². The first-order valence-corrected chi connectivity index (χ1v) is 9.60. The first-order chi connectivity index (χ1) is 12.8. The molecule has 0 radical (unpaired) electrons. The number of ether oxygens (including phenoxy) is 1. The van der Waals surface area contributed by atoms with Gasteiger partial charge in [-0.3, -0.25) is 14.5 Å². The molecule has 1 N–H and O–H groups in total. The maximum absolute atomic E-state index is 12.2. The van der Waals surface area contributed by atoms with Crippen molar-refractivity contribution in [2.45, 2.75) is 51.7 Å². The first kappa shape index (κ1) is 17.2. The molecule has 2 aromatic rings. The van der Waals surface area contributed by atoms with Crippen LogP contribution >= 0.6 is 0 Å². The summed E-state index contributed by atoms with van der Waals surface area (Å²) in [6.45, 7) is 3.08. The van der Waals surface area contributed by atoms with E-state index in [1.807, 2.05) is 18.3 Å². The van der Waals surface area contributed by atoms with Crippen molar-refractivity contribution in [3.63, 3.8) is 0 Å². The third-order valence-corrected chi connectivity index (χ3v) is 5.15. The molecule has 1 aliphatic heterocycles. The van der Waals surface area contributed by atoms with Gasteiger partial charge in [-0.05, 0) is 36.8 Å². The van der Waals surface area contributed by atoms with E-state index in [9.17, 15) is 4.79 Å². The lowest BCUT2D eigenvalue weighted by atomic mass is 10.1. The van der Waals surface area contributed by atoms with Gasteiger partial charge in [-0.15, -0.1) is 0 Å². The number of hydrogen-bond acceptors (Lipinski definition) is 4. The molecule has 26 heavy (non-hydrogen) atoms. The molecular formula is C20H26N4O2. The van der Waals surface area contributed by atoms with Gasteiger partial charge in [-0.25, -0.2) is 0 Å². The van der Waals surface area contributed by atoms with Crippen molar-refractivity contribution in [1.29, 1.82) is 0 Å². The first-order valence-electron chi connectivity index (χ1n) is 9.60. The fourth-order valence-corrected chi connectivity index (χ4v) is 3.49. The van der Waals surface area contributed by atoms with Crippen LogP contribution in [0.1, 0.15) is 41.8 Å². The molecule has 138 valence electrons. The number of aromatic nitrogens is 3. The second kappa shape index (κ2) is 7.99. The molecule has 6 heteroatoms. The van der Waals surface area contributed by atoms with Crippen molar-refractivity contribution in [3.8, 4) is 0 Å². The number of aryl methyl sites for hydroxylation is 1. The minimum atomic E-state index is 0.0797. The third-order valence-electron chi connectivity index (χ3n) is 5.15. The smallest absolute Gasteiger partial charge is 0.220 e. The summed E-state index contributed by atoms with van der Waals surface area (Å²) in [5, 5.41) is 7.82. The average Bonchev–Trinajstić information content (AvgIpc) is 3.42. The Labute approximate surface area is 154 Å². The van der Waals surface area contributed by atoms with Crippen molar-refractivity contribution >= 4 is 5.91 Å². The zero-order valence-corrected chi connectivity index (χ0v) is 15.1. The molecule has 2 aromatic heterocycles. The van der Waals surface area contributed by atoms with E-state index in [1.165, 1.54) is 24.1 Å². The molecule has 1 saturated carbocycles. The van der Waals surface area contributed by atoms with Crippen LogP contribution in [0.5, 0.6) is 0 Å².